The summed E-state index contributed by atoms with van der Waals surface area (Å²) in [7, 11) is 0. The van der Waals surface area contributed by atoms with Gasteiger partial charge in [-0.25, -0.2) is 9.37 Å². The maximum Gasteiger partial charge on any atom is 0.248 e. The number of H-pyrrole nitrogens is 1. The van der Waals surface area contributed by atoms with Crippen LogP contribution in [0.15, 0.2) is 18.2 Å². The zero-order valence-corrected chi connectivity index (χ0v) is 14.1. The summed E-state index contributed by atoms with van der Waals surface area (Å²) in [5, 5.41) is 0. The first-order valence-electron chi connectivity index (χ1n) is 8.71. The molecular formula is C18H22FN3O3. The Morgan fingerprint density at radius 2 is 2.36 bits per heavy atom. The number of halogens is 1. The highest BCUT2D eigenvalue weighted by Gasteiger charge is 2.40. The van der Waals surface area contributed by atoms with E-state index in [1.165, 1.54) is 12.1 Å². The number of imidazole rings is 1. The molecule has 0 aliphatic carbocycles. The number of likely N-dealkylation sites (tertiary alicyclic amines) is 1. The van der Waals surface area contributed by atoms with E-state index in [2.05, 4.69) is 9.97 Å². The summed E-state index contributed by atoms with van der Waals surface area (Å²) < 4.78 is 24.3. The van der Waals surface area contributed by atoms with Crippen LogP contribution in [0.2, 0.25) is 0 Å². The summed E-state index contributed by atoms with van der Waals surface area (Å²) in [4.78, 5) is 21.7. The first-order chi connectivity index (χ1) is 12.1. The number of benzene rings is 1. The number of hydrogen-bond donors (Lipinski definition) is 1. The molecule has 7 heteroatoms. The Bertz CT molecular complexity index is 770. The van der Waals surface area contributed by atoms with Crippen LogP contribution in [-0.4, -0.2) is 53.7 Å². The van der Waals surface area contributed by atoms with Crippen molar-refractivity contribution in [2.24, 2.45) is 5.41 Å². The van der Waals surface area contributed by atoms with E-state index in [1.807, 2.05) is 4.90 Å². The minimum Gasteiger partial charge on any atom is -0.381 e. The maximum absolute atomic E-state index is 13.2. The monoisotopic (exact) mass is 347 g/mol. The first kappa shape index (κ1) is 16.5. The molecule has 0 radical (unpaired) electrons. The summed E-state index contributed by atoms with van der Waals surface area (Å²) in [6.07, 6.45) is 3.19. The van der Waals surface area contributed by atoms with Gasteiger partial charge in [0.25, 0.3) is 0 Å². The van der Waals surface area contributed by atoms with Gasteiger partial charge in [0.05, 0.1) is 17.6 Å². The molecule has 1 amide bonds. The third kappa shape index (κ3) is 3.52. The second-order valence-electron chi connectivity index (χ2n) is 7.06. The summed E-state index contributed by atoms with van der Waals surface area (Å²) in [5.74, 6) is 0.287. The summed E-state index contributed by atoms with van der Waals surface area (Å²) in [6, 6.07) is 4.39. The molecule has 4 rings (SSSR count). The number of rotatable bonds is 4. The van der Waals surface area contributed by atoms with Crippen LogP contribution in [0.4, 0.5) is 4.39 Å². The Morgan fingerprint density at radius 1 is 1.44 bits per heavy atom. The lowest BCUT2D eigenvalue weighted by molar-refractivity contribution is -0.140. The van der Waals surface area contributed by atoms with Crippen LogP contribution in [-0.2, 0) is 20.9 Å². The lowest BCUT2D eigenvalue weighted by atomic mass is 9.79. The highest BCUT2D eigenvalue weighted by molar-refractivity contribution is 5.77. The normalized spacial score (nSPS) is 23.6. The molecule has 0 unspecified atom stereocenters. The fraction of sp³-hybridized carbons (Fsp3) is 0.556. The van der Waals surface area contributed by atoms with Crippen molar-refractivity contribution in [1.82, 2.24) is 14.9 Å². The average Bonchev–Trinajstić information content (AvgIpc) is 3.21. The van der Waals surface area contributed by atoms with Crippen LogP contribution in [0, 0.1) is 11.2 Å². The molecule has 3 heterocycles. The molecule has 25 heavy (non-hydrogen) atoms. The number of amides is 1. The highest BCUT2D eigenvalue weighted by Crippen LogP contribution is 2.37. The number of aromatic nitrogens is 2. The number of carbonyl (C=O) groups excluding carboxylic acids is 1. The zero-order valence-electron chi connectivity index (χ0n) is 14.1. The van der Waals surface area contributed by atoms with Crippen molar-refractivity contribution < 1.29 is 18.7 Å². The molecule has 1 aromatic carbocycles. The molecule has 0 bridgehead atoms. The Hall–Kier alpha value is -1.99. The molecule has 2 saturated heterocycles. The average molecular weight is 347 g/mol. The molecule has 1 spiro atoms. The number of aromatic amines is 1. The van der Waals surface area contributed by atoms with Gasteiger partial charge in [-0.1, -0.05) is 0 Å². The first-order valence-corrected chi connectivity index (χ1v) is 8.71. The molecule has 1 N–H and O–H groups in total. The number of fused-ring (bicyclic) bond motifs is 1. The van der Waals surface area contributed by atoms with Crippen molar-refractivity contribution in [3.05, 3.63) is 29.8 Å². The number of piperidine rings is 1. The fourth-order valence-electron chi connectivity index (χ4n) is 3.82. The van der Waals surface area contributed by atoms with E-state index in [1.54, 1.807) is 6.07 Å². The summed E-state index contributed by atoms with van der Waals surface area (Å²) in [5.41, 5.74) is 1.46. The molecule has 134 valence electrons. The summed E-state index contributed by atoms with van der Waals surface area (Å²) in [6.45, 7) is 3.33. The number of carbonyl (C=O) groups is 1. The van der Waals surface area contributed by atoms with Gasteiger partial charge in [0.2, 0.25) is 5.91 Å². The van der Waals surface area contributed by atoms with E-state index in [-0.39, 0.29) is 30.4 Å². The lowest BCUT2D eigenvalue weighted by Gasteiger charge is -2.39. The van der Waals surface area contributed by atoms with Crippen molar-refractivity contribution in [2.45, 2.75) is 25.9 Å². The number of hydrogen-bond acceptors (Lipinski definition) is 4. The topological polar surface area (TPSA) is 67.5 Å². The van der Waals surface area contributed by atoms with Gasteiger partial charge in [-0.2, -0.15) is 0 Å². The predicted octanol–water partition coefficient (Wildman–Crippen LogP) is 2.25. The third-order valence-electron chi connectivity index (χ3n) is 5.16. The van der Waals surface area contributed by atoms with Gasteiger partial charge >= 0.3 is 0 Å². The largest absolute Gasteiger partial charge is 0.381 e. The van der Waals surface area contributed by atoms with Gasteiger partial charge in [0, 0.05) is 25.1 Å². The smallest absolute Gasteiger partial charge is 0.248 e. The molecule has 0 saturated carbocycles. The van der Waals surface area contributed by atoms with Crippen molar-refractivity contribution in [1.29, 1.82) is 0 Å². The number of nitrogens with one attached hydrogen (secondary N) is 1. The number of ether oxygens (including phenoxy) is 2. The molecule has 1 aromatic heterocycles. The van der Waals surface area contributed by atoms with Crippen molar-refractivity contribution >= 4 is 16.9 Å². The van der Waals surface area contributed by atoms with E-state index < -0.39 is 0 Å². The molecule has 2 aliphatic rings. The van der Waals surface area contributed by atoms with E-state index in [4.69, 9.17) is 9.47 Å². The van der Waals surface area contributed by atoms with Crippen LogP contribution in [0.25, 0.3) is 11.0 Å². The second-order valence-corrected chi connectivity index (χ2v) is 7.06. The van der Waals surface area contributed by atoms with Crippen molar-refractivity contribution in [3.63, 3.8) is 0 Å². The van der Waals surface area contributed by atoms with E-state index >= 15 is 0 Å². The number of nitrogens with zero attached hydrogens (tertiary/aromatic N) is 2. The van der Waals surface area contributed by atoms with Gasteiger partial charge < -0.3 is 19.4 Å². The van der Waals surface area contributed by atoms with Crippen LogP contribution in [0.1, 0.15) is 25.1 Å². The second kappa shape index (κ2) is 6.72. The maximum atomic E-state index is 13.2. The van der Waals surface area contributed by atoms with Crippen LogP contribution < -0.4 is 0 Å². The third-order valence-corrected chi connectivity index (χ3v) is 5.16. The standard InChI is InChI=1S/C18H22FN3O3/c19-13-2-3-14-15(8-13)21-16(20-14)9-25-10-17(23)22-6-1-4-18(11-22)5-7-24-12-18/h2-3,8H,1,4-7,9-12H2,(H,20,21)/t18-/m0/s1. The lowest BCUT2D eigenvalue weighted by Crippen LogP contribution is -2.47. The van der Waals surface area contributed by atoms with Crippen LogP contribution >= 0.6 is 0 Å². The molecule has 2 aromatic rings. The Kier molecular flexibility index (Phi) is 4.43. The highest BCUT2D eigenvalue weighted by atomic mass is 19.1. The molecular weight excluding hydrogens is 325 g/mol. The SMILES string of the molecule is O=C(COCc1nc2ccc(F)cc2[nH]1)N1CCC[C@]2(CCOC2)C1. The van der Waals surface area contributed by atoms with E-state index in [0.717, 1.165) is 45.6 Å². The molecule has 2 aliphatic heterocycles. The zero-order chi connectivity index (χ0) is 17.3. The molecule has 2 fully saturated rings. The van der Waals surface area contributed by atoms with Crippen LogP contribution in [0.3, 0.4) is 0 Å². The molecule has 6 nitrogen and oxygen atoms in total. The Balaban J connectivity index is 1.30. The van der Waals surface area contributed by atoms with Gasteiger partial charge in [0.1, 0.15) is 24.9 Å². The van der Waals surface area contributed by atoms with Crippen molar-refractivity contribution in [3.8, 4) is 0 Å². The predicted molar refractivity (Wildman–Crippen MR) is 89.4 cm³/mol. The minimum atomic E-state index is -0.311. The fourth-order valence-corrected chi connectivity index (χ4v) is 3.82. The van der Waals surface area contributed by atoms with Gasteiger partial charge in [-0.3, -0.25) is 4.79 Å². The van der Waals surface area contributed by atoms with Crippen LogP contribution in [0.5, 0.6) is 0 Å². The van der Waals surface area contributed by atoms with Gasteiger partial charge in [-0.15, -0.1) is 0 Å². The Labute approximate surface area is 145 Å². The quantitative estimate of drug-likeness (QED) is 0.921. The summed E-state index contributed by atoms with van der Waals surface area (Å²) >= 11 is 0. The van der Waals surface area contributed by atoms with E-state index in [0.29, 0.717) is 16.9 Å². The Morgan fingerprint density at radius 3 is 3.20 bits per heavy atom. The van der Waals surface area contributed by atoms with Gasteiger partial charge in [0.15, 0.2) is 0 Å². The van der Waals surface area contributed by atoms with Gasteiger partial charge in [-0.05, 0) is 37.5 Å². The minimum absolute atomic E-state index is 0.00753. The van der Waals surface area contributed by atoms with Crippen molar-refractivity contribution in [2.75, 3.05) is 32.9 Å². The van der Waals surface area contributed by atoms with E-state index in [9.17, 15) is 9.18 Å². The molecule has 1 atom stereocenters.